The normalized spacial score (nSPS) is 15.7. The summed E-state index contributed by atoms with van der Waals surface area (Å²) < 4.78 is 14.0. The quantitative estimate of drug-likeness (QED) is 0.514. The number of hydrogen-bond acceptors (Lipinski definition) is 8. The first kappa shape index (κ1) is 17.1. The molecule has 0 amide bonds. The SMILES string of the molecule is COc1c(C2(C)CCC2)c(-c2ncn(C)n2)nn2c(-c3cc(Cl)on3)nnc12. The lowest BCUT2D eigenvalue weighted by atomic mass is 9.65. The van der Waals surface area contributed by atoms with Crippen LogP contribution in [0.5, 0.6) is 5.75 Å². The zero-order valence-electron chi connectivity index (χ0n) is 15.5. The van der Waals surface area contributed by atoms with Crippen molar-refractivity contribution in [3.05, 3.63) is 23.2 Å². The second-order valence-corrected chi connectivity index (χ2v) is 7.56. The maximum Gasteiger partial charge on any atom is 0.226 e. The van der Waals surface area contributed by atoms with Crippen molar-refractivity contribution in [2.75, 3.05) is 7.11 Å². The van der Waals surface area contributed by atoms with E-state index >= 15 is 0 Å². The highest BCUT2D eigenvalue weighted by molar-refractivity contribution is 6.29. The maximum atomic E-state index is 5.87. The van der Waals surface area contributed by atoms with Crippen molar-refractivity contribution in [3.8, 4) is 28.8 Å². The number of rotatable bonds is 4. The molecule has 4 aromatic heterocycles. The molecule has 0 spiro atoms. The molecule has 5 rings (SSSR count). The van der Waals surface area contributed by atoms with Crippen LogP contribution in [0.3, 0.4) is 0 Å². The molecule has 28 heavy (non-hydrogen) atoms. The molecule has 144 valence electrons. The van der Waals surface area contributed by atoms with Gasteiger partial charge in [-0.25, -0.2) is 4.98 Å². The number of nitrogens with zero attached hydrogens (tertiary/aromatic N) is 8. The summed E-state index contributed by atoms with van der Waals surface area (Å²) in [7, 11) is 3.44. The van der Waals surface area contributed by atoms with Gasteiger partial charge in [0.25, 0.3) is 0 Å². The molecule has 4 heterocycles. The Bertz CT molecular complexity index is 1190. The van der Waals surface area contributed by atoms with Crippen LogP contribution in [0.2, 0.25) is 5.22 Å². The van der Waals surface area contributed by atoms with E-state index in [0.29, 0.717) is 34.4 Å². The predicted octanol–water partition coefficient (Wildman–Crippen LogP) is 2.68. The minimum Gasteiger partial charge on any atom is -0.492 e. The fourth-order valence-electron chi connectivity index (χ4n) is 3.72. The number of methoxy groups -OCH3 is 1. The molecule has 0 N–H and O–H groups in total. The van der Waals surface area contributed by atoms with Gasteiger partial charge in [-0.1, -0.05) is 18.5 Å². The summed E-state index contributed by atoms with van der Waals surface area (Å²) in [5.74, 6) is 1.53. The zero-order chi connectivity index (χ0) is 19.5. The molecule has 10 nitrogen and oxygen atoms in total. The smallest absolute Gasteiger partial charge is 0.226 e. The Labute approximate surface area is 164 Å². The summed E-state index contributed by atoms with van der Waals surface area (Å²) in [5.41, 5.74) is 2.44. The van der Waals surface area contributed by atoms with Crippen LogP contribution in [-0.4, -0.2) is 46.8 Å². The lowest BCUT2D eigenvalue weighted by Gasteiger charge is -2.40. The van der Waals surface area contributed by atoms with E-state index in [1.54, 1.807) is 28.7 Å². The van der Waals surface area contributed by atoms with E-state index < -0.39 is 0 Å². The highest BCUT2D eigenvalue weighted by atomic mass is 35.5. The number of aryl methyl sites for hydroxylation is 1. The number of halogens is 1. The van der Waals surface area contributed by atoms with Gasteiger partial charge >= 0.3 is 0 Å². The summed E-state index contributed by atoms with van der Waals surface area (Å²) >= 11 is 5.87. The number of hydrogen-bond donors (Lipinski definition) is 0. The van der Waals surface area contributed by atoms with Gasteiger partial charge in [0.15, 0.2) is 11.4 Å². The highest BCUT2D eigenvalue weighted by Crippen LogP contribution is 2.50. The Hall–Kier alpha value is -3.01. The minimum absolute atomic E-state index is 0.0854. The van der Waals surface area contributed by atoms with E-state index in [0.717, 1.165) is 24.8 Å². The van der Waals surface area contributed by atoms with Crippen molar-refractivity contribution in [2.45, 2.75) is 31.6 Å². The highest BCUT2D eigenvalue weighted by Gasteiger charge is 2.41. The summed E-state index contributed by atoms with van der Waals surface area (Å²) in [6, 6.07) is 1.56. The molecule has 0 unspecified atom stereocenters. The van der Waals surface area contributed by atoms with Crippen LogP contribution >= 0.6 is 11.6 Å². The van der Waals surface area contributed by atoms with Crippen LogP contribution in [0.4, 0.5) is 0 Å². The molecule has 0 aliphatic heterocycles. The molecule has 11 heteroatoms. The van der Waals surface area contributed by atoms with Crippen molar-refractivity contribution in [1.29, 1.82) is 0 Å². The summed E-state index contributed by atoms with van der Waals surface area (Å²) in [6.45, 7) is 2.20. The van der Waals surface area contributed by atoms with Crippen molar-refractivity contribution in [3.63, 3.8) is 0 Å². The third kappa shape index (κ3) is 2.40. The van der Waals surface area contributed by atoms with Gasteiger partial charge < -0.3 is 9.26 Å². The van der Waals surface area contributed by atoms with Crippen LogP contribution in [0.1, 0.15) is 31.7 Å². The van der Waals surface area contributed by atoms with E-state index in [1.807, 2.05) is 7.05 Å². The minimum atomic E-state index is -0.0854. The monoisotopic (exact) mass is 400 g/mol. The molecule has 0 radical (unpaired) electrons. The van der Waals surface area contributed by atoms with Crippen LogP contribution in [0, 0.1) is 0 Å². The van der Waals surface area contributed by atoms with E-state index in [-0.39, 0.29) is 10.6 Å². The molecular formula is C17H17ClN8O2. The Balaban J connectivity index is 1.84. The Morgan fingerprint density at radius 3 is 2.64 bits per heavy atom. The summed E-state index contributed by atoms with van der Waals surface area (Å²) in [5, 5.41) is 21.9. The van der Waals surface area contributed by atoms with Crippen molar-refractivity contribution < 1.29 is 9.26 Å². The molecule has 1 fully saturated rings. The largest absolute Gasteiger partial charge is 0.492 e. The summed E-state index contributed by atoms with van der Waals surface area (Å²) in [4.78, 5) is 4.42. The third-order valence-electron chi connectivity index (χ3n) is 5.29. The standard InChI is InChI=1S/C17H17ClN8O2/c1-17(5-4-6-17)11-12(14-19-8-25(2)23-14)22-26-15(9-7-10(18)28-24-9)20-21-16(26)13(11)27-3/h7-8H,4-6H2,1-3H3. The molecular weight excluding hydrogens is 384 g/mol. The molecule has 1 aliphatic rings. The van der Waals surface area contributed by atoms with Crippen LogP contribution < -0.4 is 4.74 Å². The van der Waals surface area contributed by atoms with Crippen molar-refractivity contribution in [1.82, 2.24) is 39.7 Å². The Kier molecular flexibility index (Phi) is 3.66. The van der Waals surface area contributed by atoms with E-state index in [1.165, 1.54) is 0 Å². The van der Waals surface area contributed by atoms with E-state index in [4.69, 9.17) is 26.0 Å². The van der Waals surface area contributed by atoms with Crippen LogP contribution in [0.15, 0.2) is 16.9 Å². The van der Waals surface area contributed by atoms with E-state index in [9.17, 15) is 0 Å². The van der Waals surface area contributed by atoms with Gasteiger partial charge in [-0.15, -0.1) is 15.3 Å². The lowest BCUT2D eigenvalue weighted by molar-refractivity contribution is 0.261. The van der Waals surface area contributed by atoms with Gasteiger partial charge in [0.2, 0.25) is 22.5 Å². The van der Waals surface area contributed by atoms with Crippen LogP contribution in [-0.2, 0) is 12.5 Å². The molecule has 1 aliphatic carbocycles. The summed E-state index contributed by atoms with van der Waals surface area (Å²) in [6.07, 6.45) is 4.85. The average Bonchev–Trinajstić information content (AvgIpc) is 3.37. The zero-order valence-corrected chi connectivity index (χ0v) is 16.3. The molecule has 0 saturated heterocycles. The predicted molar refractivity (Wildman–Crippen MR) is 99.0 cm³/mol. The second kappa shape index (κ2) is 5.99. The van der Waals surface area contributed by atoms with Crippen molar-refractivity contribution >= 4 is 17.2 Å². The fraction of sp³-hybridized carbons (Fsp3) is 0.412. The number of fused-ring (bicyclic) bond motifs is 1. The lowest BCUT2D eigenvalue weighted by Crippen LogP contribution is -2.32. The maximum absolute atomic E-state index is 5.87. The van der Waals surface area contributed by atoms with Gasteiger partial charge in [-0.3, -0.25) is 4.68 Å². The third-order valence-corrected chi connectivity index (χ3v) is 5.47. The number of aromatic nitrogens is 8. The molecule has 0 atom stereocenters. The molecule has 4 aromatic rings. The first-order chi connectivity index (χ1) is 13.5. The first-order valence-corrected chi connectivity index (χ1v) is 9.20. The van der Waals surface area contributed by atoms with E-state index in [2.05, 4.69) is 32.4 Å². The molecule has 1 saturated carbocycles. The second-order valence-electron chi connectivity index (χ2n) is 7.19. The first-order valence-electron chi connectivity index (χ1n) is 8.82. The van der Waals surface area contributed by atoms with Gasteiger partial charge in [0.1, 0.15) is 12.0 Å². The van der Waals surface area contributed by atoms with Gasteiger partial charge in [-0.05, 0) is 29.9 Å². The Morgan fingerprint density at radius 2 is 2.07 bits per heavy atom. The molecule has 0 bridgehead atoms. The van der Waals surface area contributed by atoms with Gasteiger partial charge in [0.05, 0.1) is 7.11 Å². The van der Waals surface area contributed by atoms with Crippen LogP contribution in [0.25, 0.3) is 28.7 Å². The van der Waals surface area contributed by atoms with Gasteiger partial charge in [0, 0.05) is 18.7 Å². The Morgan fingerprint density at radius 1 is 1.25 bits per heavy atom. The topological polar surface area (TPSA) is 109 Å². The van der Waals surface area contributed by atoms with Crippen molar-refractivity contribution in [2.24, 2.45) is 7.05 Å². The number of ether oxygens (including phenoxy) is 1. The van der Waals surface area contributed by atoms with Gasteiger partial charge in [-0.2, -0.15) is 9.61 Å². The fourth-order valence-corrected chi connectivity index (χ4v) is 3.86. The average molecular weight is 401 g/mol. The molecule has 0 aromatic carbocycles.